The quantitative estimate of drug-likeness (QED) is 0.724. The molecule has 0 unspecified atom stereocenters. The highest BCUT2D eigenvalue weighted by Gasteiger charge is 2.20. The molecule has 0 bridgehead atoms. The summed E-state index contributed by atoms with van der Waals surface area (Å²) in [5, 5.41) is 0. The average Bonchev–Trinajstić information content (AvgIpc) is 3.19. The van der Waals surface area contributed by atoms with Gasteiger partial charge in [-0.1, -0.05) is 0 Å². The molecule has 3 aromatic heterocycles. The van der Waals surface area contributed by atoms with Gasteiger partial charge in [-0.2, -0.15) is 0 Å². The molecule has 0 aliphatic rings. The number of carbonyl (C=O) groups excluding carboxylic acids is 1. The van der Waals surface area contributed by atoms with Gasteiger partial charge in [0.25, 0.3) is 5.91 Å². The molecule has 0 saturated carbocycles. The largest absolute Gasteiger partial charge is 0.467 e. The van der Waals surface area contributed by atoms with Gasteiger partial charge in [-0.3, -0.25) is 4.79 Å². The number of furan rings is 2. The van der Waals surface area contributed by atoms with Crippen LogP contribution in [-0.2, 0) is 13.1 Å². The van der Waals surface area contributed by atoms with E-state index in [2.05, 4.69) is 9.97 Å². The molecule has 6 heteroatoms. The predicted octanol–water partition coefficient (Wildman–Crippen LogP) is 2.81. The van der Waals surface area contributed by atoms with Crippen LogP contribution in [0.4, 0.5) is 0 Å². The summed E-state index contributed by atoms with van der Waals surface area (Å²) < 4.78 is 10.7. The Balaban J connectivity index is 1.85. The molecular weight excluding hydrogens is 282 g/mol. The van der Waals surface area contributed by atoms with E-state index in [1.54, 1.807) is 48.7 Å². The first kappa shape index (κ1) is 14.1. The molecule has 1 amide bonds. The zero-order valence-electron chi connectivity index (χ0n) is 12.1. The molecule has 3 heterocycles. The average molecular weight is 297 g/mol. The standard InChI is InChI=1S/C16H15N3O3/c1-12-17-7-6-15(18-12)16(20)19(10-13-4-2-8-21-13)11-14-5-3-9-22-14/h2-9H,10-11H2,1H3. The second-order valence-electron chi connectivity index (χ2n) is 4.81. The summed E-state index contributed by atoms with van der Waals surface area (Å²) in [7, 11) is 0. The number of aryl methyl sites for hydroxylation is 1. The number of nitrogens with zero attached hydrogens (tertiary/aromatic N) is 3. The Bertz CT molecular complexity index is 700. The number of carbonyl (C=O) groups is 1. The van der Waals surface area contributed by atoms with Crippen molar-refractivity contribution in [3.63, 3.8) is 0 Å². The molecule has 22 heavy (non-hydrogen) atoms. The normalized spacial score (nSPS) is 10.6. The van der Waals surface area contributed by atoms with Crippen molar-refractivity contribution in [2.24, 2.45) is 0 Å². The minimum Gasteiger partial charge on any atom is -0.467 e. The van der Waals surface area contributed by atoms with Gasteiger partial charge < -0.3 is 13.7 Å². The lowest BCUT2D eigenvalue weighted by atomic mass is 10.3. The van der Waals surface area contributed by atoms with E-state index in [0.29, 0.717) is 36.1 Å². The number of hydrogen-bond acceptors (Lipinski definition) is 5. The molecule has 0 aromatic carbocycles. The van der Waals surface area contributed by atoms with Gasteiger partial charge in [-0.15, -0.1) is 0 Å². The summed E-state index contributed by atoms with van der Waals surface area (Å²) >= 11 is 0. The van der Waals surface area contributed by atoms with Crippen molar-refractivity contribution < 1.29 is 13.6 Å². The Labute approximate surface area is 127 Å². The fourth-order valence-corrected chi connectivity index (χ4v) is 2.12. The monoisotopic (exact) mass is 297 g/mol. The van der Waals surface area contributed by atoms with Crippen LogP contribution in [0.5, 0.6) is 0 Å². The van der Waals surface area contributed by atoms with Crippen LogP contribution in [0.25, 0.3) is 0 Å². The van der Waals surface area contributed by atoms with E-state index in [9.17, 15) is 4.79 Å². The maximum absolute atomic E-state index is 12.7. The molecule has 3 rings (SSSR count). The van der Waals surface area contributed by atoms with E-state index in [1.807, 2.05) is 12.1 Å². The van der Waals surface area contributed by atoms with E-state index in [0.717, 1.165) is 0 Å². The summed E-state index contributed by atoms with van der Waals surface area (Å²) in [5.74, 6) is 1.76. The SMILES string of the molecule is Cc1nccc(C(=O)N(Cc2ccco2)Cc2ccco2)n1. The topological polar surface area (TPSA) is 72.4 Å². The molecule has 0 aliphatic carbocycles. The maximum Gasteiger partial charge on any atom is 0.273 e. The van der Waals surface area contributed by atoms with Crippen molar-refractivity contribution in [3.05, 3.63) is 72.1 Å². The number of hydrogen-bond donors (Lipinski definition) is 0. The highest BCUT2D eigenvalue weighted by molar-refractivity contribution is 5.92. The Morgan fingerprint density at radius 1 is 1.09 bits per heavy atom. The lowest BCUT2D eigenvalue weighted by Crippen LogP contribution is -2.30. The maximum atomic E-state index is 12.7. The first-order valence-electron chi connectivity index (χ1n) is 6.86. The Kier molecular flexibility index (Phi) is 4.00. The third-order valence-electron chi connectivity index (χ3n) is 3.14. The van der Waals surface area contributed by atoms with Crippen LogP contribution >= 0.6 is 0 Å². The smallest absolute Gasteiger partial charge is 0.273 e. The van der Waals surface area contributed by atoms with Gasteiger partial charge >= 0.3 is 0 Å². The van der Waals surface area contributed by atoms with Gasteiger partial charge in [-0.05, 0) is 37.3 Å². The molecule has 112 valence electrons. The fraction of sp³-hybridized carbons (Fsp3) is 0.188. The van der Waals surface area contributed by atoms with Crippen molar-refractivity contribution >= 4 is 5.91 Å². The second-order valence-corrected chi connectivity index (χ2v) is 4.81. The molecule has 6 nitrogen and oxygen atoms in total. The van der Waals surface area contributed by atoms with Crippen LogP contribution in [0.2, 0.25) is 0 Å². The van der Waals surface area contributed by atoms with Crippen molar-refractivity contribution in [1.82, 2.24) is 14.9 Å². The predicted molar refractivity (Wildman–Crippen MR) is 77.8 cm³/mol. The third-order valence-corrected chi connectivity index (χ3v) is 3.14. The third kappa shape index (κ3) is 3.22. The van der Waals surface area contributed by atoms with Crippen molar-refractivity contribution in [3.8, 4) is 0 Å². The molecule has 0 N–H and O–H groups in total. The molecule has 3 aromatic rings. The van der Waals surface area contributed by atoms with Crippen molar-refractivity contribution in [2.45, 2.75) is 20.0 Å². The molecular formula is C16H15N3O3. The first-order valence-corrected chi connectivity index (χ1v) is 6.86. The van der Waals surface area contributed by atoms with Gasteiger partial charge in [0.2, 0.25) is 0 Å². The van der Waals surface area contributed by atoms with Gasteiger partial charge in [0.1, 0.15) is 23.0 Å². The molecule has 0 saturated heterocycles. The molecule has 0 spiro atoms. The first-order chi connectivity index (χ1) is 10.7. The Morgan fingerprint density at radius 2 is 1.73 bits per heavy atom. The zero-order valence-corrected chi connectivity index (χ0v) is 12.1. The lowest BCUT2D eigenvalue weighted by Gasteiger charge is -2.20. The van der Waals surface area contributed by atoms with Crippen LogP contribution in [0.1, 0.15) is 27.8 Å². The van der Waals surface area contributed by atoms with Crippen LogP contribution in [0.15, 0.2) is 57.9 Å². The summed E-state index contributed by atoms with van der Waals surface area (Å²) in [6.07, 6.45) is 4.74. The van der Waals surface area contributed by atoms with Crippen LogP contribution in [0, 0.1) is 6.92 Å². The van der Waals surface area contributed by atoms with Crippen LogP contribution < -0.4 is 0 Å². The number of rotatable bonds is 5. The Hall–Kier alpha value is -2.89. The summed E-state index contributed by atoms with van der Waals surface area (Å²) in [5.41, 5.74) is 0.352. The van der Waals surface area contributed by atoms with Gasteiger partial charge in [0.05, 0.1) is 25.6 Å². The molecule has 0 fully saturated rings. The summed E-state index contributed by atoms with van der Waals surface area (Å²) in [6.45, 7) is 2.44. The van der Waals surface area contributed by atoms with E-state index < -0.39 is 0 Å². The van der Waals surface area contributed by atoms with Crippen LogP contribution in [-0.4, -0.2) is 20.8 Å². The highest BCUT2D eigenvalue weighted by atomic mass is 16.3. The zero-order chi connectivity index (χ0) is 15.4. The lowest BCUT2D eigenvalue weighted by molar-refractivity contribution is 0.0698. The second kappa shape index (κ2) is 6.26. The number of aromatic nitrogens is 2. The molecule has 0 radical (unpaired) electrons. The van der Waals surface area contributed by atoms with Crippen molar-refractivity contribution in [2.75, 3.05) is 0 Å². The Morgan fingerprint density at radius 3 is 2.23 bits per heavy atom. The van der Waals surface area contributed by atoms with Gasteiger partial charge in [0.15, 0.2) is 0 Å². The van der Waals surface area contributed by atoms with Gasteiger partial charge in [0, 0.05) is 6.20 Å². The highest BCUT2D eigenvalue weighted by Crippen LogP contribution is 2.14. The van der Waals surface area contributed by atoms with Gasteiger partial charge in [-0.25, -0.2) is 9.97 Å². The fourth-order valence-electron chi connectivity index (χ4n) is 2.12. The van der Waals surface area contributed by atoms with Crippen molar-refractivity contribution in [1.29, 1.82) is 0 Å². The summed E-state index contributed by atoms with van der Waals surface area (Å²) in [4.78, 5) is 22.5. The number of amides is 1. The van der Waals surface area contributed by atoms with E-state index in [4.69, 9.17) is 8.83 Å². The van der Waals surface area contributed by atoms with E-state index in [-0.39, 0.29) is 5.91 Å². The minimum atomic E-state index is -0.196. The van der Waals surface area contributed by atoms with E-state index in [1.165, 1.54) is 0 Å². The summed E-state index contributed by atoms with van der Waals surface area (Å²) in [6, 6.07) is 8.84. The minimum absolute atomic E-state index is 0.196. The van der Waals surface area contributed by atoms with E-state index >= 15 is 0 Å². The van der Waals surface area contributed by atoms with Crippen LogP contribution in [0.3, 0.4) is 0 Å². The molecule has 0 atom stereocenters. The molecule has 0 aliphatic heterocycles.